The van der Waals surface area contributed by atoms with Gasteiger partial charge in [0.25, 0.3) is 5.91 Å². The standard InChI is InChI=1S/C28H28N2O3/c1-18-16-23(20(3)29(18)24-14-10-7-11-15-24)17-25-26(28(32)33-5)21(4)30(27(25)31)19(2)22-12-8-6-9-13-22/h6-17,19H,1-5H3. The highest BCUT2D eigenvalue weighted by atomic mass is 16.5. The van der Waals surface area contributed by atoms with Crippen molar-refractivity contribution in [3.63, 3.8) is 0 Å². The Bertz CT molecular complexity index is 1270. The number of rotatable bonds is 5. The van der Waals surface area contributed by atoms with Crippen LogP contribution >= 0.6 is 0 Å². The second-order valence-corrected chi connectivity index (χ2v) is 8.27. The SMILES string of the molecule is COC(=O)C1=C(C)N(C(C)c2ccccc2)C(=O)C1=Cc1cc(C)n(-c2ccccc2)c1C. The molecular weight excluding hydrogens is 412 g/mol. The fourth-order valence-electron chi connectivity index (χ4n) is 4.61. The number of aryl methyl sites for hydroxylation is 1. The molecule has 2 heterocycles. The Morgan fingerprint density at radius 1 is 0.970 bits per heavy atom. The highest BCUT2D eigenvalue weighted by Crippen LogP contribution is 2.38. The van der Waals surface area contributed by atoms with Gasteiger partial charge < -0.3 is 14.2 Å². The lowest BCUT2D eigenvalue weighted by atomic mass is 10.0. The van der Waals surface area contributed by atoms with Crippen LogP contribution in [0.15, 0.2) is 83.6 Å². The van der Waals surface area contributed by atoms with Crippen LogP contribution in [0, 0.1) is 13.8 Å². The summed E-state index contributed by atoms with van der Waals surface area (Å²) >= 11 is 0. The number of nitrogens with zero attached hydrogens (tertiary/aromatic N) is 2. The number of para-hydroxylation sites is 1. The number of ether oxygens (including phenoxy) is 1. The summed E-state index contributed by atoms with van der Waals surface area (Å²) < 4.78 is 7.20. The second kappa shape index (κ2) is 8.94. The molecular formula is C28H28N2O3. The minimum Gasteiger partial charge on any atom is -0.465 e. The third-order valence-corrected chi connectivity index (χ3v) is 6.29. The van der Waals surface area contributed by atoms with Gasteiger partial charge in [0.05, 0.1) is 24.3 Å². The lowest BCUT2D eigenvalue weighted by Gasteiger charge is -2.26. The number of hydrogen-bond acceptors (Lipinski definition) is 3. The molecule has 0 bridgehead atoms. The summed E-state index contributed by atoms with van der Waals surface area (Å²) in [5.41, 5.74) is 6.26. The molecule has 0 saturated carbocycles. The highest BCUT2D eigenvalue weighted by molar-refractivity contribution is 6.16. The zero-order valence-corrected chi connectivity index (χ0v) is 19.6. The molecule has 1 aromatic heterocycles. The van der Waals surface area contributed by atoms with Gasteiger partial charge in [-0.2, -0.15) is 0 Å². The van der Waals surface area contributed by atoms with Crippen molar-refractivity contribution in [2.45, 2.75) is 33.7 Å². The number of allylic oxidation sites excluding steroid dienone is 1. The van der Waals surface area contributed by atoms with E-state index in [4.69, 9.17) is 4.74 Å². The van der Waals surface area contributed by atoms with Crippen molar-refractivity contribution in [2.24, 2.45) is 0 Å². The number of amides is 1. The molecule has 0 fully saturated rings. The molecule has 0 aliphatic carbocycles. The predicted molar refractivity (Wildman–Crippen MR) is 130 cm³/mol. The number of carbonyl (C=O) groups excluding carboxylic acids is 2. The molecule has 1 amide bonds. The van der Waals surface area contributed by atoms with Gasteiger partial charge in [0.2, 0.25) is 0 Å². The Morgan fingerprint density at radius 3 is 2.18 bits per heavy atom. The third kappa shape index (κ3) is 3.91. The van der Waals surface area contributed by atoms with Crippen molar-refractivity contribution in [3.05, 3.63) is 106 Å². The number of benzene rings is 2. The summed E-state index contributed by atoms with van der Waals surface area (Å²) in [6.07, 6.45) is 1.82. The maximum Gasteiger partial charge on any atom is 0.340 e. The first kappa shape index (κ1) is 22.3. The molecule has 0 N–H and O–H groups in total. The van der Waals surface area contributed by atoms with E-state index in [0.29, 0.717) is 16.8 Å². The number of carbonyl (C=O) groups is 2. The van der Waals surface area contributed by atoms with E-state index in [2.05, 4.69) is 4.57 Å². The fourth-order valence-corrected chi connectivity index (χ4v) is 4.61. The second-order valence-electron chi connectivity index (χ2n) is 8.27. The van der Waals surface area contributed by atoms with Crippen LogP contribution < -0.4 is 0 Å². The highest BCUT2D eigenvalue weighted by Gasteiger charge is 2.39. The molecule has 2 aromatic carbocycles. The van der Waals surface area contributed by atoms with Gasteiger partial charge in [-0.1, -0.05) is 48.5 Å². The van der Waals surface area contributed by atoms with E-state index in [0.717, 1.165) is 28.2 Å². The van der Waals surface area contributed by atoms with E-state index in [1.807, 2.05) is 93.6 Å². The molecule has 168 valence electrons. The lowest BCUT2D eigenvalue weighted by Crippen LogP contribution is -2.28. The molecule has 5 heteroatoms. The first-order valence-electron chi connectivity index (χ1n) is 11.0. The van der Waals surface area contributed by atoms with Gasteiger partial charge in [0.1, 0.15) is 0 Å². The Hall–Kier alpha value is -3.86. The lowest BCUT2D eigenvalue weighted by molar-refractivity contribution is -0.136. The predicted octanol–water partition coefficient (Wildman–Crippen LogP) is 5.53. The Balaban J connectivity index is 1.82. The molecule has 5 nitrogen and oxygen atoms in total. The Labute approximate surface area is 194 Å². The van der Waals surface area contributed by atoms with Crippen molar-refractivity contribution >= 4 is 18.0 Å². The minimum atomic E-state index is -0.508. The fraction of sp³-hybridized carbons (Fsp3) is 0.214. The maximum atomic E-state index is 13.6. The van der Waals surface area contributed by atoms with Gasteiger partial charge in [-0.15, -0.1) is 0 Å². The average Bonchev–Trinajstić information content (AvgIpc) is 3.25. The third-order valence-electron chi connectivity index (χ3n) is 6.29. The molecule has 1 unspecified atom stereocenters. The Morgan fingerprint density at radius 2 is 1.58 bits per heavy atom. The van der Waals surface area contributed by atoms with Crippen LogP contribution in [0.3, 0.4) is 0 Å². The van der Waals surface area contributed by atoms with Crippen LogP contribution in [0.5, 0.6) is 0 Å². The van der Waals surface area contributed by atoms with Crippen LogP contribution in [0.4, 0.5) is 0 Å². The molecule has 4 rings (SSSR count). The van der Waals surface area contributed by atoms with E-state index in [-0.39, 0.29) is 11.9 Å². The smallest absolute Gasteiger partial charge is 0.340 e. The average molecular weight is 441 g/mol. The van der Waals surface area contributed by atoms with Crippen LogP contribution in [-0.2, 0) is 14.3 Å². The normalized spacial score (nSPS) is 16.0. The summed E-state index contributed by atoms with van der Waals surface area (Å²) in [6.45, 7) is 7.82. The molecule has 0 saturated heterocycles. The first-order valence-corrected chi connectivity index (χ1v) is 11.0. The van der Waals surface area contributed by atoms with Gasteiger partial charge in [-0.25, -0.2) is 4.79 Å². The van der Waals surface area contributed by atoms with E-state index < -0.39 is 5.97 Å². The first-order chi connectivity index (χ1) is 15.8. The minimum absolute atomic E-state index is 0.200. The number of esters is 1. The molecule has 0 radical (unpaired) electrons. The van der Waals surface area contributed by atoms with Gasteiger partial charge >= 0.3 is 5.97 Å². The van der Waals surface area contributed by atoms with Crippen LogP contribution in [-0.4, -0.2) is 28.5 Å². The van der Waals surface area contributed by atoms with E-state index >= 15 is 0 Å². The molecule has 1 aliphatic rings. The van der Waals surface area contributed by atoms with E-state index in [9.17, 15) is 9.59 Å². The summed E-state index contributed by atoms with van der Waals surface area (Å²) in [7, 11) is 1.34. The van der Waals surface area contributed by atoms with Crippen molar-refractivity contribution < 1.29 is 14.3 Å². The van der Waals surface area contributed by atoms with Gasteiger partial charge in [0, 0.05) is 22.8 Å². The number of methoxy groups -OCH3 is 1. The summed E-state index contributed by atoms with van der Waals surface area (Å²) in [4.78, 5) is 28.1. The van der Waals surface area contributed by atoms with E-state index in [1.165, 1.54) is 7.11 Å². The van der Waals surface area contributed by atoms with Gasteiger partial charge in [-0.05, 0) is 63.1 Å². The molecule has 3 aromatic rings. The number of aromatic nitrogens is 1. The van der Waals surface area contributed by atoms with Crippen molar-refractivity contribution in [2.75, 3.05) is 7.11 Å². The van der Waals surface area contributed by atoms with E-state index in [1.54, 1.807) is 11.8 Å². The van der Waals surface area contributed by atoms with Crippen molar-refractivity contribution in [3.8, 4) is 5.69 Å². The zero-order chi connectivity index (χ0) is 23.7. The quantitative estimate of drug-likeness (QED) is 0.387. The number of hydrogen-bond donors (Lipinski definition) is 0. The Kier molecular flexibility index (Phi) is 6.05. The maximum absolute atomic E-state index is 13.6. The molecule has 0 spiro atoms. The van der Waals surface area contributed by atoms with Crippen LogP contribution in [0.1, 0.15) is 42.4 Å². The topological polar surface area (TPSA) is 51.5 Å². The van der Waals surface area contributed by atoms with Crippen LogP contribution in [0.2, 0.25) is 0 Å². The largest absolute Gasteiger partial charge is 0.465 e. The van der Waals surface area contributed by atoms with Crippen molar-refractivity contribution in [1.29, 1.82) is 0 Å². The van der Waals surface area contributed by atoms with Crippen LogP contribution in [0.25, 0.3) is 11.8 Å². The monoisotopic (exact) mass is 440 g/mol. The summed E-state index contributed by atoms with van der Waals surface area (Å²) in [6, 6.07) is 21.7. The van der Waals surface area contributed by atoms with Gasteiger partial charge in [-0.3, -0.25) is 4.79 Å². The summed E-state index contributed by atoms with van der Waals surface area (Å²) in [5, 5.41) is 0. The molecule has 1 aliphatic heterocycles. The molecule has 33 heavy (non-hydrogen) atoms. The molecule has 1 atom stereocenters. The summed E-state index contributed by atoms with van der Waals surface area (Å²) in [5.74, 6) is -0.708. The zero-order valence-electron chi connectivity index (χ0n) is 19.6. The van der Waals surface area contributed by atoms with Gasteiger partial charge in [0.15, 0.2) is 0 Å². The van der Waals surface area contributed by atoms with Crippen molar-refractivity contribution in [1.82, 2.24) is 9.47 Å².